The van der Waals surface area contributed by atoms with Crippen LogP contribution in [-0.4, -0.2) is 28.9 Å². The Morgan fingerprint density at radius 1 is 1.03 bits per heavy atom. The molecule has 4 rings (SSSR count). The number of nitrogens with one attached hydrogen (secondary N) is 2. The number of benzene rings is 1. The van der Waals surface area contributed by atoms with Crippen molar-refractivity contribution in [3.63, 3.8) is 0 Å². The number of nitrogens with zero attached hydrogens (tertiary/aromatic N) is 2. The largest absolute Gasteiger partial charge is 0.573 e. The molecule has 2 aliphatic rings. The van der Waals surface area contributed by atoms with Crippen LogP contribution in [0.25, 0.3) is 0 Å². The van der Waals surface area contributed by atoms with E-state index in [2.05, 4.69) is 34.2 Å². The molecule has 2 atom stereocenters. The highest BCUT2D eigenvalue weighted by molar-refractivity contribution is 5.85. The molecule has 0 spiro atoms. The van der Waals surface area contributed by atoms with E-state index >= 15 is 0 Å². The first-order valence-electron chi connectivity index (χ1n) is 12.2. The van der Waals surface area contributed by atoms with Gasteiger partial charge in [-0.05, 0) is 68.9 Å². The summed E-state index contributed by atoms with van der Waals surface area (Å²) < 4.78 is 41.9. The van der Waals surface area contributed by atoms with E-state index in [-0.39, 0.29) is 30.6 Å². The Kier molecular flexibility index (Phi) is 10.9. The number of anilines is 2. The number of ether oxygens (including phenoxy) is 1. The summed E-state index contributed by atoms with van der Waals surface area (Å²) in [5.74, 6) is 2.52. The zero-order valence-electron chi connectivity index (χ0n) is 20.6. The number of rotatable bonds is 7. The van der Waals surface area contributed by atoms with Crippen molar-refractivity contribution in [1.29, 1.82) is 0 Å². The number of halogens is 5. The lowest BCUT2D eigenvalue weighted by atomic mass is 9.79. The predicted octanol–water partition coefficient (Wildman–Crippen LogP) is 6.25. The zero-order valence-corrected chi connectivity index (χ0v) is 22.2. The van der Waals surface area contributed by atoms with Crippen molar-refractivity contribution in [3.8, 4) is 5.75 Å². The second-order valence-corrected chi connectivity index (χ2v) is 9.75. The summed E-state index contributed by atoms with van der Waals surface area (Å²) in [4.78, 5) is 9.33. The molecule has 1 aromatic heterocycles. The molecule has 1 aromatic carbocycles. The molecule has 0 bridgehead atoms. The number of nitrogen functional groups attached to an aromatic ring is 1. The first-order valence-corrected chi connectivity index (χ1v) is 12.2. The van der Waals surface area contributed by atoms with Crippen LogP contribution in [0.15, 0.2) is 24.3 Å². The van der Waals surface area contributed by atoms with Crippen molar-refractivity contribution in [2.75, 3.05) is 17.6 Å². The molecule has 2 aliphatic carbocycles. The van der Waals surface area contributed by atoms with Crippen LogP contribution < -0.4 is 21.1 Å². The van der Waals surface area contributed by atoms with Crippen LogP contribution in [-0.2, 0) is 13.0 Å². The molecule has 2 aromatic rings. The Balaban J connectivity index is 0.00000228. The fraction of sp³-hybridized carbons (Fsp3) is 0.600. The second-order valence-electron chi connectivity index (χ2n) is 9.75. The fourth-order valence-corrected chi connectivity index (χ4v) is 5.16. The number of para-hydroxylation sites is 1. The number of aromatic nitrogens is 2. The molecular formula is C25H36Cl2F3N5O. The van der Waals surface area contributed by atoms with E-state index in [9.17, 15) is 13.2 Å². The molecule has 4 N–H and O–H groups in total. The number of alkyl halides is 3. The highest BCUT2D eigenvalue weighted by Crippen LogP contribution is 2.38. The summed E-state index contributed by atoms with van der Waals surface area (Å²) in [6.07, 6.45) is 1.42. The number of nitrogens with two attached hydrogens (primary N) is 1. The predicted molar refractivity (Wildman–Crippen MR) is 141 cm³/mol. The van der Waals surface area contributed by atoms with Crippen LogP contribution in [0.2, 0.25) is 0 Å². The highest BCUT2D eigenvalue weighted by atomic mass is 35.5. The molecule has 11 heteroatoms. The second kappa shape index (κ2) is 13.0. The minimum absolute atomic E-state index is 0. The van der Waals surface area contributed by atoms with Crippen molar-refractivity contribution in [1.82, 2.24) is 15.3 Å². The molecule has 0 aliphatic heterocycles. The summed E-state index contributed by atoms with van der Waals surface area (Å²) in [7, 11) is 0. The molecule has 202 valence electrons. The Bertz CT molecular complexity index is 987. The van der Waals surface area contributed by atoms with Crippen molar-refractivity contribution in [2.24, 2.45) is 11.8 Å². The summed E-state index contributed by atoms with van der Waals surface area (Å²) >= 11 is 0. The van der Waals surface area contributed by atoms with Crippen LogP contribution in [0.5, 0.6) is 5.75 Å². The third-order valence-electron chi connectivity index (χ3n) is 7.33. The van der Waals surface area contributed by atoms with Gasteiger partial charge in [0.15, 0.2) is 0 Å². The maximum atomic E-state index is 12.6. The summed E-state index contributed by atoms with van der Waals surface area (Å²) in [6.45, 7) is 5.55. The minimum atomic E-state index is -4.69. The molecule has 36 heavy (non-hydrogen) atoms. The monoisotopic (exact) mass is 549 g/mol. The van der Waals surface area contributed by atoms with E-state index in [4.69, 9.17) is 10.7 Å². The van der Waals surface area contributed by atoms with E-state index in [0.717, 1.165) is 56.3 Å². The van der Waals surface area contributed by atoms with Gasteiger partial charge in [-0.15, -0.1) is 38.0 Å². The Labute approximate surface area is 223 Å². The van der Waals surface area contributed by atoms with Gasteiger partial charge in [0.05, 0.1) is 5.69 Å². The average molecular weight is 550 g/mol. The van der Waals surface area contributed by atoms with E-state index in [0.29, 0.717) is 47.7 Å². The molecule has 0 unspecified atom stereocenters. The van der Waals surface area contributed by atoms with Gasteiger partial charge in [-0.3, -0.25) is 0 Å². The van der Waals surface area contributed by atoms with Gasteiger partial charge in [-0.2, -0.15) is 4.98 Å². The van der Waals surface area contributed by atoms with Gasteiger partial charge >= 0.3 is 6.36 Å². The van der Waals surface area contributed by atoms with Gasteiger partial charge in [0.2, 0.25) is 5.95 Å². The first kappa shape index (κ1) is 30.3. The number of aryl methyl sites for hydroxylation is 1. The van der Waals surface area contributed by atoms with E-state index in [1.807, 2.05) is 0 Å². The third kappa shape index (κ3) is 7.76. The van der Waals surface area contributed by atoms with Crippen molar-refractivity contribution in [2.45, 2.75) is 77.2 Å². The Hall–Kier alpha value is -1.97. The fourth-order valence-electron chi connectivity index (χ4n) is 5.16. The molecule has 1 heterocycles. The minimum Gasteiger partial charge on any atom is -0.405 e. The van der Waals surface area contributed by atoms with Gasteiger partial charge in [0, 0.05) is 23.7 Å². The maximum absolute atomic E-state index is 12.6. The van der Waals surface area contributed by atoms with Gasteiger partial charge in [-0.1, -0.05) is 32.0 Å². The quantitative estimate of drug-likeness (QED) is 0.378. The molecular weight excluding hydrogens is 514 g/mol. The normalized spacial score (nSPS) is 23.6. The number of fused-ring (bicyclic) bond motifs is 1. The Morgan fingerprint density at radius 3 is 2.42 bits per heavy atom. The summed E-state index contributed by atoms with van der Waals surface area (Å²) in [6, 6.07) is 6.56. The van der Waals surface area contributed by atoms with Crippen LogP contribution in [0.3, 0.4) is 0 Å². The van der Waals surface area contributed by atoms with Crippen molar-refractivity contribution < 1.29 is 17.9 Å². The van der Waals surface area contributed by atoms with Gasteiger partial charge in [-0.25, -0.2) is 4.98 Å². The average Bonchev–Trinajstić information content (AvgIpc) is 2.77. The molecule has 6 nitrogen and oxygen atoms in total. The number of hydrogen-bond donors (Lipinski definition) is 3. The van der Waals surface area contributed by atoms with E-state index in [1.54, 1.807) is 18.2 Å². The van der Waals surface area contributed by atoms with Gasteiger partial charge in [0.1, 0.15) is 11.6 Å². The molecule has 0 saturated heterocycles. The van der Waals surface area contributed by atoms with E-state index in [1.165, 1.54) is 6.07 Å². The van der Waals surface area contributed by atoms with E-state index < -0.39 is 6.36 Å². The summed E-state index contributed by atoms with van der Waals surface area (Å²) in [5, 5.41) is 6.79. The van der Waals surface area contributed by atoms with Crippen molar-refractivity contribution in [3.05, 3.63) is 41.1 Å². The lowest BCUT2D eigenvalue weighted by Crippen LogP contribution is -2.32. The molecule has 0 radical (unpaired) electrons. The lowest BCUT2D eigenvalue weighted by Gasteiger charge is -2.31. The van der Waals surface area contributed by atoms with Crippen LogP contribution >= 0.6 is 24.8 Å². The highest BCUT2D eigenvalue weighted by Gasteiger charge is 2.32. The maximum Gasteiger partial charge on any atom is 0.573 e. The smallest absolute Gasteiger partial charge is 0.405 e. The number of hydrogen-bond acceptors (Lipinski definition) is 6. The van der Waals surface area contributed by atoms with Crippen LogP contribution in [0, 0.1) is 11.8 Å². The van der Waals surface area contributed by atoms with Crippen LogP contribution in [0.4, 0.5) is 24.9 Å². The Morgan fingerprint density at radius 2 is 1.72 bits per heavy atom. The molecule has 1 fully saturated rings. The molecule has 1 saturated carbocycles. The topological polar surface area (TPSA) is 85.1 Å². The zero-order chi connectivity index (χ0) is 24.3. The first-order chi connectivity index (χ1) is 16.2. The molecule has 0 amide bonds. The lowest BCUT2D eigenvalue weighted by molar-refractivity contribution is -0.274. The SMILES string of the molecule is C[C@@H]1CCc2nc(NC3CCC(CNCc4ccccc4OC(F)(F)F)CC3)nc(N)c2[C@@H]1C.Cl.Cl. The van der Waals surface area contributed by atoms with Crippen LogP contribution in [0.1, 0.15) is 68.7 Å². The standard InChI is InChI=1S/C25H34F3N5O.2ClH/c1-15-7-12-20-22(16(15)2)23(29)33-24(32-20)31-19-10-8-17(9-11-19)13-30-14-18-5-3-4-6-21(18)34-25(26,27)28;;/h3-6,15-17,19,30H,7-14H2,1-2H3,(H3,29,31,32,33);2*1H/t15-,16-,17?,19?;;/m1../s1. The summed E-state index contributed by atoms with van der Waals surface area (Å²) in [5.41, 5.74) is 8.99. The third-order valence-corrected chi connectivity index (χ3v) is 7.33. The van der Waals surface area contributed by atoms with Gasteiger partial charge < -0.3 is 21.1 Å². The van der Waals surface area contributed by atoms with Gasteiger partial charge in [0.25, 0.3) is 0 Å². The van der Waals surface area contributed by atoms with Crippen molar-refractivity contribution >= 4 is 36.6 Å².